The summed E-state index contributed by atoms with van der Waals surface area (Å²) < 4.78 is 5.53. The molecule has 24 heavy (non-hydrogen) atoms. The molecule has 2 aromatic rings. The third kappa shape index (κ3) is 4.63. The third-order valence-electron chi connectivity index (χ3n) is 3.95. The summed E-state index contributed by atoms with van der Waals surface area (Å²) in [7, 11) is 0. The Labute approximate surface area is 145 Å². The zero-order chi connectivity index (χ0) is 16.8. The molecular formula is C18H19N3O2S. The second-order valence-electron chi connectivity index (χ2n) is 5.84. The van der Waals surface area contributed by atoms with Crippen LogP contribution in [0.2, 0.25) is 0 Å². The molecule has 0 unspecified atom stereocenters. The van der Waals surface area contributed by atoms with Gasteiger partial charge in [0, 0.05) is 30.5 Å². The van der Waals surface area contributed by atoms with Crippen molar-refractivity contribution in [1.29, 1.82) is 5.26 Å². The fourth-order valence-electron chi connectivity index (χ4n) is 2.74. The van der Waals surface area contributed by atoms with Gasteiger partial charge in [-0.2, -0.15) is 5.26 Å². The lowest BCUT2D eigenvalue weighted by Crippen LogP contribution is -2.15. The van der Waals surface area contributed by atoms with E-state index < -0.39 is 0 Å². The van der Waals surface area contributed by atoms with E-state index in [4.69, 9.17) is 10.00 Å². The summed E-state index contributed by atoms with van der Waals surface area (Å²) in [6.45, 7) is 0.815. The highest BCUT2D eigenvalue weighted by atomic mass is 32.1. The first kappa shape index (κ1) is 16.6. The minimum Gasteiger partial charge on any atom is -0.378 e. The van der Waals surface area contributed by atoms with Gasteiger partial charge in [0.05, 0.1) is 17.7 Å². The number of nitrogens with zero attached hydrogens (tertiary/aromatic N) is 2. The molecular weight excluding hydrogens is 322 g/mol. The molecule has 0 spiro atoms. The summed E-state index contributed by atoms with van der Waals surface area (Å²) in [5, 5.41) is 12.4. The quantitative estimate of drug-likeness (QED) is 0.872. The number of hydrogen-bond acceptors (Lipinski definition) is 5. The highest BCUT2D eigenvalue weighted by Crippen LogP contribution is 2.22. The molecule has 0 saturated carbocycles. The molecule has 1 atom stereocenters. The lowest BCUT2D eigenvalue weighted by atomic mass is 10.1. The molecule has 5 nitrogen and oxygen atoms in total. The summed E-state index contributed by atoms with van der Waals surface area (Å²) in [6.07, 6.45) is 6.09. The average molecular weight is 341 g/mol. The molecule has 0 bridgehead atoms. The fourth-order valence-corrected chi connectivity index (χ4v) is 3.61. The number of hydrogen-bond donors (Lipinski definition) is 1. The molecule has 3 rings (SSSR count). The van der Waals surface area contributed by atoms with Crippen LogP contribution in [-0.2, 0) is 16.0 Å². The molecule has 1 aliphatic heterocycles. The van der Waals surface area contributed by atoms with Crippen LogP contribution in [0.5, 0.6) is 0 Å². The highest BCUT2D eigenvalue weighted by molar-refractivity contribution is 7.15. The molecule has 0 radical (unpaired) electrons. The average Bonchev–Trinajstić information content (AvgIpc) is 3.25. The van der Waals surface area contributed by atoms with Crippen LogP contribution >= 0.6 is 11.3 Å². The van der Waals surface area contributed by atoms with Gasteiger partial charge in [0.1, 0.15) is 0 Å². The second kappa shape index (κ2) is 8.04. The summed E-state index contributed by atoms with van der Waals surface area (Å²) in [5.41, 5.74) is 1.72. The van der Waals surface area contributed by atoms with Crippen molar-refractivity contribution in [2.45, 2.75) is 38.2 Å². The summed E-state index contributed by atoms with van der Waals surface area (Å²) in [6, 6.07) is 9.67. The molecule has 1 amide bonds. The Morgan fingerprint density at radius 3 is 3.21 bits per heavy atom. The molecule has 0 aliphatic carbocycles. The number of thiazole rings is 1. The second-order valence-corrected chi connectivity index (χ2v) is 6.96. The van der Waals surface area contributed by atoms with Crippen LogP contribution < -0.4 is 5.32 Å². The number of rotatable bonds is 6. The predicted molar refractivity (Wildman–Crippen MR) is 92.9 cm³/mol. The number of benzene rings is 1. The standard InChI is InChI=1S/C18H19N3O2S/c19-11-14-4-1-3-13(9-14)10-16-12-20-18(24-16)21-17(22)7-6-15-5-2-8-23-15/h1,3-4,9,12,15H,2,5-8,10H2,(H,20,21,22)/t15-/m0/s1. The molecule has 2 heterocycles. The normalized spacial score (nSPS) is 16.7. The van der Waals surface area contributed by atoms with Gasteiger partial charge in [0.25, 0.3) is 0 Å². The van der Waals surface area contributed by atoms with Gasteiger partial charge in [-0.1, -0.05) is 12.1 Å². The molecule has 1 aromatic heterocycles. The molecule has 1 saturated heterocycles. The molecule has 1 fully saturated rings. The van der Waals surface area contributed by atoms with E-state index in [0.29, 0.717) is 23.5 Å². The van der Waals surface area contributed by atoms with Gasteiger partial charge < -0.3 is 10.1 Å². The predicted octanol–water partition coefficient (Wildman–Crippen LogP) is 3.50. The van der Waals surface area contributed by atoms with E-state index >= 15 is 0 Å². The maximum Gasteiger partial charge on any atom is 0.226 e. The Morgan fingerprint density at radius 1 is 1.50 bits per heavy atom. The van der Waals surface area contributed by atoms with E-state index in [9.17, 15) is 4.79 Å². The van der Waals surface area contributed by atoms with Crippen LogP contribution in [0.15, 0.2) is 30.5 Å². The first-order chi connectivity index (χ1) is 11.7. The van der Waals surface area contributed by atoms with Crippen LogP contribution in [0, 0.1) is 11.3 Å². The zero-order valence-corrected chi connectivity index (χ0v) is 14.1. The van der Waals surface area contributed by atoms with Crippen LogP contribution in [0.25, 0.3) is 0 Å². The van der Waals surface area contributed by atoms with Gasteiger partial charge in [-0.3, -0.25) is 4.79 Å². The van der Waals surface area contributed by atoms with E-state index in [2.05, 4.69) is 16.4 Å². The molecule has 6 heteroatoms. The van der Waals surface area contributed by atoms with E-state index in [1.807, 2.05) is 18.2 Å². The van der Waals surface area contributed by atoms with E-state index in [0.717, 1.165) is 36.3 Å². The summed E-state index contributed by atoms with van der Waals surface area (Å²) in [4.78, 5) is 17.3. The Balaban J connectivity index is 1.51. The van der Waals surface area contributed by atoms with Crippen LogP contribution in [0.4, 0.5) is 5.13 Å². The monoisotopic (exact) mass is 341 g/mol. The van der Waals surface area contributed by atoms with Gasteiger partial charge in [-0.15, -0.1) is 11.3 Å². The third-order valence-corrected chi connectivity index (χ3v) is 4.86. The van der Waals surface area contributed by atoms with Gasteiger partial charge in [0.15, 0.2) is 5.13 Å². The van der Waals surface area contributed by atoms with Gasteiger partial charge in [-0.25, -0.2) is 4.98 Å². The molecule has 1 N–H and O–H groups in total. The number of carbonyl (C=O) groups excluding carboxylic acids is 1. The van der Waals surface area contributed by atoms with E-state index in [1.165, 1.54) is 11.3 Å². The Hall–Kier alpha value is -2.23. The first-order valence-corrected chi connectivity index (χ1v) is 8.90. The van der Waals surface area contributed by atoms with Crippen molar-refractivity contribution in [2.75, 3.05) is 11.9 Å². The van der Waals surface area contributed by atoms with Crippen molar-refractivity contribution in [3.8, 4) is 6.07 Å². The van der Waals surface area contributed by atoms with Crippen molar-refractivity contribution in [1.82, 2.24) is 4.98 Å². The van der Waals surface area contributed by atoms with Crippen LogP contribution in [0.3, 0.4) is 0 Å². The zero-order valence-electron chi connectivity index (χ0n) is 13.3. The van der Waals surface area contributed by atoms with Crippen molar-refractivity contribution in [3.05, 3.63) is 46.5 Å². The molecule has 124 valence electrons. The maximum atomic E-state index is 12.0. The summed E-state index contributed by atoms with van der Waals surface area (Å²) >= 11 is 1.47. The minimum atomic E-state index is -0.0159. The van der Waals surface area contributed by atoms with Crippen molar-refractivity contribution in [2.24, 2.45) is 0 Å². The van der Waals surface area contributed by atoms with E-state index in [1.54, 1.807) is 12.3 Å². The molecule has 1 aliphatic rings. The van der Waals surface area contributed by atoms with Crippen molar-refractivity contribution in [3.63, 3.8) is 0 Å². The number of nitrogens with one attached hydrogen (secondary N) is 1. The van der Waals surface area contributed by atoms with Crippen molar-refractivity contribution >= 4 is 22.4 Å². The Morgan fingerprint density at radius 2 is 2.42 bits per heavy atom. The van der Waals surface area contributed by atoms with Gasteiger partial charge >= 0.3 is 0 Å². The number of nitriles is 1. The van der Waals surface area contributed by atoms with Crippen molar-refractivity contribution < 1.29 is 9.53 Å². The highest BCUT2D eigenvalue weighted by Gasteiger charge is 2.17. The maximum absolute atomic E-state index is 12.0. The van der Waals surface area contributed by atoms with E-state index in [-0.39, 0.29) is 12.0 Å². The summed E-state index contributed by atoms with van der Waals surface area (Å²) in [5.74, 6) is -0.0159. The number of anilines is 1. The van der Waals surface area contributed by atoms with Crippen LogP contribution in [0.1, 0.15) is 41.7 Å². The fraction of sp³-hybridized carbons (Fsp3) is 0.389. The largest absolute Gasteiger partial charge is 0.378 e. The SMILES string of the molecule is N#Cc1cccc(Cc2cnc(NC(=O)CC[C@@H]3CCCO3)s2)c1. The minimum absolute atomic E-state index is 0.0159. The number of ether oxygens (including phenoxy) is 1. The smallest absolute Gasteiger partial charge is 0.226 e. The number of aromatic nitrogens is 1. The van der Waals surface area contributed by atoms with Gasteiger partial charge in [-0.05, 0) is 37.0 Å². The Bertz CT molecular complexity index is 745. The lowest BCUT2D eigenvalue weighted by Gasteiger charge is -2.07. The van der Waals surface area contributed by atoms with Gasteiger partial charge in [0.2, 0.25) is 5.91 Å². The van der Waals surface area contributed by atoms with Crippen LogP contribution in [-0.4, -0.2) is 23.6 Å². The number of amides is 1. The first-order valence-electron chi connectivity index (χ1n) is 8.08. The number of carbonyl (C=O) groups is 1. The lowest BCUT2D eigenvalue weighted by molar-refractivity contribution is -0.116. The topological polar surface area (TPSA) is 75.0 Å². The molecule has 1 aromatic carbocycles. The Kier molecular flexibility index (Phi) is 5.57.